The monoisotopic (exact) mass is 328 g/mol. The van der Waals surface area contributed by atoms with E-state index in [0.29, 0.717) is 5.02 Å². The van der Waals surface area contributed by atoms with Gasteiger partial charge in [0.15, 0.2) is 5.60 Å². The smallest absolute Gasteiger partial charge is 0.164 e. The van der Waals surface area contributed by atoms with Crippen LogP contribution in [0.4, 0.5) is 0 Å². The lowest BCUT2D eigenvalue weighted by molar-refractivity contribution is 0.0562. The Morgan fingerprint density at radius 1 is 1.00 bits per heavy atom. The van der Waals surface area contributed by atoms with E-state index in [4.69, 9.17) is 11.6 Å². The summed E-state index contributed by atoms with van der Waals surface area (Å²) in [4.78, 5) is 7.75. The van der Waals surface area contributed by atoms with Gasteiger partial charge in [0, 0.05) is 10.6 Å². The van der Waals surface area contributed by atoms with Gasteiger partial charge in [0.05, 0.1) is 13.1 Å². The molecule has 2 aromatic heterocycles. The third kappa shape index (κ3) is 4.16. The summed E-state index contributed by atoms with van der Waals surface area (Å²) in [6.07, 6.45) is 5.86. The molecular weight excluding hydrogens is 316 g/mol. The SMILES string of the molecule is OC(C#Cc1ccc(Cl)cc1)(Cn1cncn1)Cn1cncn1. The first-order valence-electron chi connectivity index (χ1n) is 6.79. The highest BCUT2D eigenvalue weighted by Crippen LogP contribution is 2.12. The molecular formula is C15H13ClN6O. The molecule has 0 amide bonds. The summed E-state index contributed by atoms with van der Waals surface area (Å²) in [6.45, 7) is 0.320. The molecule has 0 unspecified atom stereocenters. The molecule has 0 aliphatic carbocycles. The van der Waals surface area contributed by atoms with E-state index in [9.17, 15) is 5.11 Å². The Bertz CT molecular complexity index is 766. The van der Waals surface area contributed by atoms with Crippen molar-refractivity contribution in [3.63, 3.8) is 0 Å². The van der Waals surface area contributed by atoms with Crippen molar-refractivity contribution in [1.82, 2.24) is 29.5 Å². The zero-order valence-corrected chi connectivity index (χ0v) is 12.8. The Labute approximate surface area is 137 Å². The number of halogens is 1. The van der Waals surface area contributed by atoms with E-state index in [2.05, 4.69) is 32.0 Å². The van der Waals surface area contributed by atoms with Crippen molar-refractivity contribution in [2.45, 2.75) is 18.7 Å². The maximum Gasteiger partial charge on any atom is 0.164 e. The highest BCUT2D eigenvalue weighted by Gasteiger charge is 2.27. The topological polar surface area (TPSA) is 81.6 Å². The van der Waals surface area contributed by atoms with Crippen LogP contribution in [0.1, 0.15) is 5.56 Å². The van der Waals surface area contributed by atoms with Gasteiger partial charge in [0.1, 0.15) is 25.3 Å². The minimum Gasteiger partial charge on any atom is -0.374 e. The summed E-state index contributed by atoms with van der Waals surface area (Å²) >= 11 is 5.86. The average Bonchev–Trinajstić information content (AvgIpc) is 3.21. The van der Waals surface area contributed by atoms with E-state index in [1.807, 2.05) is 0 Å². The molecule has 3 aromatic rings. The van der Waals surface area contributed by atoms with E-state index in [1.54, 1.807) is 24.3 Å². The number of hydrogen-bond donors (Lipinski definition) is 1. The summed E-state index contributed by atoms with van der Waals surface area (Å²) in [5, 5.41) is 19.6. The van der Waals surface area contributed by atoms with Gasteiger partial charge in [0.25, 0.3) is 0 Å². The second kappa shape index (κ2) is 6.60. The summed E-state index contributed by atoms with van der Waals surface area (Å²) in [5.74, 6) is 5.85. The van der Waals surface area contributed by atoms with Crippen LogP contribution in [0.5, 0.6) is 0 Å². The Morgan fingerprint density at radius 3 is 2.04 bits per heavy atom. The molecule has 1 aromatic carbocycles. The minimum absolute atomic E-state index is 0.160. The predicted octanol–water partition coefficient (Wildman–Crippen LogP) is 1.01. The Balaban J connectivity index is 1.86. The van der Waals surface area contributed by atoms with Crippen molar-refractivity contribution < 1.29 is 5.11 Å². The van der Waals surface area contributed by atoms with Crippen LogP contribution in [0.15, 0.2) is 49.6 Å². The Kier molecular flexibility index (Phi) is 4.37. The third-order valence-corrected chi connectivity index (χ3v) is 3.32. The molecule has 3 rings (SSSR count). The van der Waals surface area contributed by atoms with Crippen molar-refractivity contribution in [2.24, 2.45) is 0 Å². The van der Waals surface area contributed by atoms with Gasteiger partial charge in [-0.1, -0.05) is 23.4 Å². The summed E-state index contributed by atoms with van der Waals surface area (Å²) in [6, 6.07) is 7.08. The van der Waals surface area contributed by atoms with Crippen LogP contribution in [-0.4, -0.2) is 40.2 Å². The lowest BCUT2D eigenvalue weighted by Gasteiger charge is -2.21. The lowest BCUT2D eigenvalue weighted by atomic mass is 10.0. The van der Waals surface area contributed by atoms with Crippen LogP contribution in [0, 0.1) is 11.8 Å². The molecule has 116 valence electrons. The average molecular weight is 329 g/mol. The van der Waals surface area contributed by atoms with Gasteiger partial charge in [-0.2, -0.15) is 10.2 Å². The molecule has 8 heteroatoms. The van der Waals surface area contributed by atoms with Crippen LogP contribution >= 0.6 is 11.6 Å². The van der Waals surface area contributed by atoms with Gasteiger partial charge in [-0.3, -0.25) is 0 Å². The van der Waals surface area contributed by atoms with E-state index in [-0.39, 0.29) is 13.1 Å². The van der Waals surface area contributed by atoms with Gasteiger partial charge in [-0.15, -0.1) is 0 Å². The molecule has 0 saturated heterocycles. The molecule has 1 N–H and O–H groups in total. The highest BCUT2D eigenvalue weighted by atomic mass is 35.5. The number of rotatable bonds is 4. The van der Waals surface area contributed by atoms with Gasteiger partial charge in [0.2, 0.25) is 0 Å². The summed E-state index contributed by atoms with van der Waals surface area (Å²) in [7, 11) is 0. The molecule has 0 saturated carbocycles. The van der Waals surface area contributed by atoms with Crippen LogP contribution in [0.25, 0.3) is 0 Å². The number of hydrogen-bond acceptors (Lipinski definition) is 5. The van der Waals surface area contributed by atoms with Crippen LogP contribution < -0.4 is 0 Å². The van der Waals surface area contributed by atoms with Gasteiger partial charge in [-0.25, -0.2) is 19.3 Å². The first kappa shape index (κ1) is 15.2. The van der Waals surface area contributed by atoms with E-state index in [1.165, 1.54) is 34.7 Å². The lowest BCUT2D eigenvalue weighted by Crippen LogP contribution is -2.38. The van der Waals surface area contributed by atoms with Crippen LogP contribution in [-0.2, 0) is 13.1 Å². The summed E-state index contributed by atoms with van der Waals surface area (Å²) in [5.41, 5.74) is -0.619. The number of aromatic nitrogens is 6. The van der Waals surface area contributed by atoms with Crippen molar-refractivity contribution in [1.29, 1.82) is 0 Å². The zero-order valence-electron chi connectivity index (χ0n) is 12.0. The summed E-state index contributed by atoms with van der Waals surface area (Å²) < 4.78 is 3.04. The quantitative estimate of drug-likeness (QED) is 0.723. The molecule has 7 nitrogen and oxygen atoms in total. The van der Waals surface area contributed by atoms with Crippen molar-refractivity contribution in [3.05, 3.63) is 60.2 Å². The van der Waals surface area contributed by atoms with Crippen molar-refractivity contribution >= 4 is 11.6 Å². The largest absolute Gasteiger partial charge is 0.374 e. The maximum atomic E-state index is 10.9. The molecule has 23 heavy (non-hydrogen) atoms. The molecule has 0 bridgehead atoms. The molecule has 0 aliphatic heterocycles. The Morgan fingerprint density at radius 2 is 1.57 bits per heavy atom. The molecule has 0 spiro atoms. The minimum atomic E-state index is -1.37. The van der Waals surface area contributed by atoms with Gasteiger partial charge >= 0.3 is 0 Å². The fourth-order valence-electron chi connectivity index (χ4n) is 2.02. The number of aliphatic hydroxyl groups is 1. The first-order valence-corrected chi connectivity index (χ1v) is 7.17. The third-order valence-electron chi connectivity index (χ3n) is 3.06. The molecule has 0 fully saturated rings. The fourth-order valence-corrected chi connectivity index (χ4v) is 2.14. The second-order valence-corrected chi connectivity index (χ2v) is 5.41. The predicted molar refractivity (Wildman–Crippen MR) is 83.3 cm³/mol. The van der Waals surface area contributed by atoms with Gasteiger partial charge < -0.3 is 5.11 Å². The molecule has 0 atom stereocenters. The molecule has 0 radical (unpaired) electrons. The Hall–Kier alpha value is -2.69. The van der Waals surface area contributed by atoms with Gasteiger partial charge in [-0.05, 0) is 24.3 Å². The van der Waals surface area contributed by atoms with E-state index in [0.717, 1.165) is 5.56 Å². The normalized spacial score (nSPS) is 11.0. The zero-order chi connectivity index (χ0) is 16.1. The van der Waals surface area contributed by atoms with Crippen molar-refractivity contribution in [2.75, 3.05) is 0 Å². The first-order chi connectivity index (χ1) is 11.1. The molecule has 0 aliphatic rings. The van der Waals surface area contributed by atoms with Crippen LogP contribution in [0.3, 0.4) is 0 Å². The molecule has 2 heterocycles. The standard InChI is InChI=1S/C15H13ClN6O/c16-14-3-1-13(2-4-14)5-6-15(23,7-21-11-17-9-19-21)8-22-12-18-10-20-22/h1-4,9-12,23H,7-8H2. The van der Waals surface area contributed by atoms with Crippen LogP contribution in [0.2, 0.25) is 5.02 Å². The maximum absolute atomic E-state index is 10.9. The van der Waals surface area contributed by atoms with E-state index >= 15 is 0 Å². The second-order valence-electron chi connectivity index (χ2n) is 4.97. The number of benzene rings is 1. The van der Waals surface area contributed by atoms with E-state index < -0.39 is 5.60 Å². The number of nitrogens with zero attached hydrogens (tertiary/aromatic N) is 6. The fraction of sp³-hybridized carbons (Fsp3) is 0.200. The van der Waals surface area contributed by atoms with Crippen molar-refractivity contribution in [3.8, 4) is 11.8 Å². The highest BCUT2D eigenvalue weighted by molar-refractivity contribution is 6.30.